The van der Waals surface area contributed by atoms with Gasteiger partial charge in [0.2, 0.25) is 0 Å². The number of hydrogen-bond acceptors (Lipinski definition) is 2. The standard InChI is InChI=1S/C10H20N2/c1-4-6-10(3)7-5-8-11-9(2)12-10/h4,9,11-12H,1,5-8H2,2-3H3. The second-order valence-electron chi connectivity index (χ2n) is 3.98. The number of hydrogen-bond donors (Lipinski definition) is 2. The third-order valence-electron chi connectivity index (χ3n) is 2.52. The molecule has 0 aliphatic carbocycles. The maximum Gasteiger partial charge on any atom is 0.0546 e. The third kappa shape index (κ3) is 2.61. The van der Waals surface area contributed by atoms with Crippen molar-refractivity contribution in [1.29, 1.82) is 0 Å². The first-order valence-corrected chi connectivity index (χ1v) is 4.78. The van der Waals surface area contributed by atoms with E-state index in [0.717, 1.165) is 13.0 Å². The Morgan fingerprint density at radius 3 is 3.08 bits per heavy atom. The first kappa shape index (κ1) is 9.75. The van der Waals surface area contributed by atoms with E-state index >= 15 is 0 Å². The van der Waals surface area contributed by atoms with Crippen LogP contribution in [0.25, 0.3) is 0 Å². The minimum atomic E-state index is 0.255. The van der Waals surface area contributed by atoms with Gasteiger partial charge in [-0.25, -0.2) is 0 Å². The highest BCUT2D eigenvalue weighted by Crippen LogP contribution is 2.19. The van der Waals surface area contributed by atoms with E-state index in [0.29, 0.717) is 6.17 Å². The molecule has 0 aromatic carbocycles. The van der Waals surface area contributed by atoms with Crippen LogP contribution in [0.5, 0.6) is 0 Å². The fraction of sp³-hybridized carbons (Fsp3) is 0.800. The number of nitrogens with one attached hydrogen (secondary N) is 2. The van der Waals surface area contributed by atoms with Gasteiger partial charge in [-0.3, -0.25) is 5.32 Å². The van der Waals surface area contributed by atoms with Crippen molar-refractivity contribution in [2.45, 2.75) is 44.8 Å². The van der Waals surface area contributed by atoms with Crippen molar-refractivity contribution in [3.63, 3.8) is 0 Å². The van der Waals surface area contributed by atoms with Crippen LogP contribution >= 0.6 is 0 Å². The van der Waals surface area contributed by atoms with Crippen molar-refractivity contribution >= 4 is 0 Å². The molecule has 1 aliphatic rings. The van der Waals surface area contributed by atoms with E-state index in [4.69, 9.17) is 0 Å². The van der Waals surface area contributed by atoms with Crippen LogP contribution in [0.1, 0.15) is 33.1 Å². The van der Waals surface area contributed by atoms with Gasteiger partial charge in [0.25, 0.3) is 0 Å². The van der Waals surface area contributed by atoms with Crippen LogP contribution in [0.3, 0.4) is 0 Å². The topological polar surface area (TPSA) is 24.1 Å². The van der Waals surface area contributed by atoms with Crippen molar-refractivity contribution in [2.24, 2.45) is 0 Å². The summed E-state index contributed by atoms with van der Waals surface area (Å²) in [4.78, 5) is 0. The van der Waals surface area contributed by atoms with Gasteiger partial charge in [0, 0.05) is 5.54 Å². The van der Waals surface area contributed by atoms with Crippen LogP contribution in [0.15, 0.2) is 12.7 Å². The molecule has 0 saturated carbocycles. The van der Waals surface area contributed by atoms with E-state index in [2.05, 4.69) is 31.1 Å². The van der Waals surface area contributed by atoms with Crippen LogP contribution < -0.4 is 10.6 Å². The van der Waals surface area contributed by atoms with Crippen LogP contribution in [-0.4, -0.2) is 18.2 Å². The van der Waals surface area contributed by atoms with Gasteiger partial charge in [0.1, 0.15) is 0 Å². The van der Waals surface area contributed by atoms with Crippen LogP contribution in [0, 0.1) is 0 Å². The summed E-state index contributed by atoms with van der Waals surface area (Å²) >= 11 is 0. The molecule has 1 heterocycles. The zero-order chi connectivity index (χ0) is 9.03. The van der Waals surface area contributed by atoms with E-state index in [1.54, 1.807) is 0 Å². The molecule has 1 rings (SSSR count). The van der Waals surface area contributed by atoms with E-state index in [9.17, 15) is 0 Å². The molecule has 0 radical (unpaired) electrons. The molecular formula is C10H20N2. The van der Waals surface area contributed by atoms with Crippen molar-refractivity contribution in [3.8, 4) is 0 Å². The van der Waals surface area contributed by atoms with E-state index < -0.39 is 0 Å². The molecule has 2 atom stereocenters. The highest BCUT2D eigenvalue weighted by atomic mass is 15.2. The summed E-state index contributed by atoms with van der Waals surface area (Å²) in [5.41, 5.74) is 0.255. The Morgan fingerprint density at radius 2 is 2.42 bits per heavy atom. The van der Waals surface area contributed by atoms with E-state index in [1.165, 1.54) is 12.8 Å². The lowest BCUT2D eigenvalue weighted by Crippen LogP contribution is -2.49. The summed E-state index contributed by atoms with van der Waals surface area (Å²) in [7, 11) is 0. The Morgan fingerprint density at radius 1 is 1.67 bits per heavy atom. The van der Waals surface area contributed by atoms with Crippen molar-refractivity contribution in [1.82, 2.24) is 10.6 Å². The molecule has 1 aliphatic heterocycles. The number of rotatable bonds is 2. The first-order chi connectivity index (χ1) is 5.66. The maximum absolute atomic E-state index is 3.80. The molecular weight excluding hydrogens is 148 g/mol. The molecule has 2 heteroatoms. The molecule has 0 bridgehead atoms. The van der Waals surface area contributed by atoms with Gasteiger partial charge in [0.05, 0.1) is 6.17 Å². The summed E-state index contributed by atoms with van der Waals surface area (Å²) in [6.45, 7) is 9.37. The lowest BCUT2D eigenvalue weighted by Gasteiger charge is -2.30. The fourth-order valence-electron chi connectivity index (χ4n) is 1.92. The van der Waals surface area contributed by atoms with E-state index in [-0.39, 0.29) is 5.54 Å². The van der Waals surface area contributed by atoms with Gasteiger partial charge in [-0.2, -0.15) is 0 Å². The normalized spacial score (nSPS) is 37.3. The zero-order valence-corrected chi connectivity index (χ0v) is 8.19. The largest absolute Gasteiger partial charge is 0.302 e. The molecule has 0 amide bonds. The van der Waals surface area contributed by atoms with Crippen LogP contribution in [0.4, 0.5) is 0 Å². The molecule has 0 aromatic rings. The fourth-order valence-corrected chi connectivity index (χ4v) is 1.92. The molecule has 0 aromatic heterocycles. The van der Waals surface area contributed by atoms with Crippen molar-refractivity contribution in [2.75, 3.05) is 6.54 Å². The molecule has 2 unspecified atom stereocenters. The van der Waals surface area contributed by atoms with Gasteiger partial charge in [-0.05, 0) is 39.7 Å². The average molecular weight is 168 g/mol. The summed E-state index contributed by atoms with van der Waals surface area (Å²) in [5, 5.41) is 6.99. The third-order valence-corrected chi connectivity index (χ3v) is 2.52. The first-order valence-electron chi connectivity index (χ1n) is 4.78. The molecule has 1 saturated heterocycles. The average Bonchev–Trinajstić information content (AvgIpc) is 2.12. The summed E-state index contributed by atoms with van der Waals surface area (Å²) < 4.78 is 0. The highest BCUT2D eigenvalue weighted by molar-refractivity contribution is 4.92. The van der Waals surface area contributed by atoms with Crippen molar-refractivity contribution < 1.29 is 0 Å². The quantitative estimate of drug-likeness (QED) is 0.612. The van der Waals surface area contributed by atoms with Gasteiger partial charge in [-0.1, -0.05) is 6.08 Å². The smallest absolute Gasteiger partial charge is 0.0546 e. The van der Waals surface area contributed by atoms with Gasteiger partial charge in [-0.15, -0.1) is 6.58 Å². The monoisotopic (exact) mass is 168 g/mol. The Hall–Kier alpha value is -0.340. The maximum atomic E-state index is 3.80. The molecule has 12 heavy (non-hydrogen) atoms. The van der Waals surface area contributed by atoms with Crippen molar-refractivity contribution in [3.05, 3.63) is 12.7 Å². The van der Waals surface area contributed by atoms with Crippen LogP contribution in [-0.2, 0) is 0 Å². The zero-order valence-electron chi connectivity index (χ0n) is 8.19. The minimum absolute atomic E-state index is 0.255. The molecule has 2 N–H and O–H groups in total. The SMILES string of the molecule is C=CCC1(C)CCCNC(C)N1. The molecule has 0 spiro atoms. The lowest BCUT2D eigenvalue weighted by molar-refractivity contribution is 0.308. The second-order valence-corrected chi connectivity index (χ2v) is 3.98. The Balaban J connectivity index is 2.54. The lowest BCUT2D eigenvalue weighted by atomic mass is 9.92. The second kappa shape index (κ2) is 4.06. The van der Waals surface area contributed by atoms with Gasteiger partial charge < -0.3 is 5.32 Å². The molecule has 70 valence electrons. The van der Waals surface area contributed by atoms with Gasteiger partial charge >= 0.3 is 0 Å². The summed E-state index contributed by atoms with van der Waals surface area (Å²) in [6.07, 6.45) is 5.97. The Bertz CT molecular complexity index is 156. The minimum Gasteiger partial charge on any atom is -0.302 e. The Kier molecular flexibility index (Phi) is 3.29. The molecule has 2 nitrogen and oxygen atoms in total. The Labute approximate surface area is 75.4 Å². The predicted octanol–water partition coefficient (Wildman–Crippen LogP) is 1.64. The highest BCUT2D eigenvalue weighted by Gasteiger charge is 2.25. The predicted molar refractivity (Wildman–Crippen MR) is 53.1 cm³/mol. The van der Waals surface area contributed by atoms with Crippen LogP contribution in [0.2, 0.25) is 0 Å². The van der Waals surface area contributed by atoms with E-state index in [1.807, 2.05) is 6.08 Å². The molecule has 1 fully saturated rings. The van der Waals surface area contributed by atoms with Gasteiger partial charge in [0.15, 0.2) is 0 Å². The summed E-state index contributed by atoms with van der Waals surface area (Å²) in [5.74, 6) is 0. The summed E-state index contributed by atoms with van der Waals surface area (Å²) in [6, 6.07) is 0.